The number of nitrogens with zero attached hydrogens (tertiary/aromatic N) is 3. The number of rotatable bonds is 4. The van der Waals surface area contributed by atoms with Gasteiger partial charge in [0.25, 0.3) is 5.91 Å². The minimum absolute atomic E-state index is 0.107. The molecule has 172 valence electrons. The zero-order valence-corrected chi connectivity index (χ0v) is 18.8. The van der Waals surface area contributed by atoms with Crippen LogP contribution in [-0.4, -0.2) is 57.3 Å². The van der Waals surface area contributed by atoms with Crippen LogP contribution in [0.2, 0.25) is 5.02 Å². The lowest BCUT2D eigenvalue weighted by Crippen LogP contribution is -2.46. The Hall–Kier alpha value is -3.75. The smallest absolute Gasteiger partial charge is 0.254 e. The van der Waals surface area contributed by atoms with E-state index in [4.69, 9.17) is 11.6 Å². The number of aromatic nitrogens is 3. The van der Waals surface area contributed by atoms with Crippen molar-refractivity contribution in [1.82, 2.24) is 25.4 Å². The van der Waals surface area contributed by atoms with Crippen molar-refractivity contribution in [2.45, 2.75) is 0 Å². The highest BCUT2D eigenvalue weighted by atomic mass is 35.5. The minimum Gasteiger partial charge on any atom is -0.508 e. The van der Waals surface area contributed by atoms with E-state index in [9.17, 15) is 14.3 Å². The number of carbonyl (C=O) groups is 1. The van der Waals surface area contributed by atoms with Crippen LogP contribution in [-0.2, 0) is 0 Å². The summed E-state index contributed by atoms with van der Waals surface area (Å²) in [5.74, 6) is -0.373. The number of hydrogen-bond donors (Lipinski definition) is 3. The Bertz CT molecular complexity index is 1390. The lowest BCUT2D eigenvalue weighted by Gasteiger charge is -2.27. The standard InChI is InChI=1S/C25H21ClFN5O2/c26-20-13-17(27)5-1-15(20)4-8-21-23-19(25(34)32-11-9-28-10-12-32)14-22(29-24(23)31-30-21)16-2-6-18(33)7-3-16/h1-8,13-14,28,33H,9-12H2,(H,29,30,31)/b8-4+. The molecule has 5 rings (SSSR count). The van der Waals surface area contributed by atoms with Gasteiger partial charge in [-0.15, -0.1) is 0 Å². The summed E-state index contributed by atoms with van der Waals surface area (Å²) in [7, 11) is 0. The van der Waals surface area contributed by atoms with E-state index < -0.39 is 5.82 Å². The van der Waals surface area contributed by atoms with E-state index in [1.54, 1.807) is 48.6 Å². The first-order chi connectivity index (χ1) is 16.5. The molecule has 1 fully saturated rings. The Morgan fingerprint density at radius 1 is 1.09 bits per heavy atom. The number of H-pyrrole nitrogens is 1. The van der Waals surface area contributed by atoms with Crippen LogP contribution in [0.25, 0.3) is 34.4 Å². The summed E-state index contributed by atoms with van der Waals surface area (Å²) in [4.78, 5) is 20.1. The molecule has 2 aromatic carbocycles. The van der Waals surface area contributed by atoms with Crippen molar-refractivity contribution in [3.05, 3.63) is 76.2 Å². The maximum atomic E-state index is 13.6. The number of halogens is 2. The number of aromatic amines is 1. The first-order valence-corrected chi connectivity index (χ1v) is 11.2. The van der Waals surface area contributed by atoms with Crippen molar-refractivity contribution in [3.8, 4) is 17.0 Å². The lowest BCUT2D eigenvalue weighted by molar-refractivity contribution is 0.0737. The third-order valence-corrected chi connectivity index (χ3v) is 6.07. The molecule has 0 bridgehead atoms. The van der Waals surface area contributed by atoms with Crippen LogP contribution in [0.4, 0.5) is 4.39 Å². The molecule has 1 amide bonds. The molecule has 9 heteroatoms. The number of pyridine rings is 1. The van der Waals surface area contributed by atoms with E-state index in [0.29, 0.717) is 46.6 Å². The summed E-state index contributed by atoms with van der Waals surface area (Å²) < 4.78 is 13.4. The second-order valence-electron chi connectivity index (χ2n) is 7.98. The maximum Gasteiger partial charge on any atom is 0.254 e. The summed E-state index contributed by atoms with van der Waals surface area (Å²) in [6.07, 6.45) is 3.46. The third-order valence-electron chi connectivity index (χ3n) is 5.74. The number of phenolic OH excluding ortho intramolecular Hbond substituents is 1. The Kier molecular flexibility index (Phi) is 6.00. The molecule has 0 atom stereocenters. The molecule has 1 aliphatic heterocycles. The molecular weight excluding hydrogens is 457 g/mol. The van der Waals surface area contributed by atoms with Crippen LogP contribution < -0.4 is 5.32 Å². The maximum absolute atomic E-state index is 13.6. The van der Waals surface area contributed by atoms with Crippen LogP contribution in [0.15, 0.2) is 48.5 Å². The molecule has 1 aliphatic rings. The molecule has 1 saturated heterocycles. The van der Waals surface area contributed by atoms with Crippen LogP contribution >= 0.6 is 11.6 Å². The Balaban J connectivity index is 1.62. The van der Waals surface area contributed by atoms with Gasteiger partial charge < -0.3 is 15.3 Å². The third kappa shape index (κ3) is 4.37. The van der Waals surface area contributed by atoms with Gasteiger partial charge in [0.2, 0.25) is 0 Å². The van der Waals surface area contributed by atoms with E-state index in [2.05, 4.69) is 20.5 Å². The molecule has 7 nitrogen and oxygen atoms in total. The predicted molar refractivity (Wildman–Crippen MR) is 130 cm³/mol. The second-order valence-corrected chi connectivity index (χ2v) is 8.38. The minimum atomic E-state index is -0.415. The summed E-state index contributed by atoms with van der Waals surface area (Å²) >= 11 is 6.15. The fourth-order valence-corrected chi connectivity index (χ4v) is 4.20. The summed E-state index contributed by atoms with van der Waals surface area (Å²) in [6.45, 7) is 2.66. The molecular formula is C25H21ClFN5O2. The average molecular weight is 478 g/mol. The molecule has 3 N–H and O–H groups in total. The number of piperazine rings is 1. The zero-order chi connectivity index (χ0) is 23.7. The largest absolute Gasteiger partial charge is 0.508 e. The lowest BCUT2D eigenvalue weighted by atomic mass is 10.0. The molecule has 0 aliphatic carbocycles. The Morgan fingerprint density at radius 2 is 1.85 bits per heavy atom. The molecule has 0 unspecified atom stereocenters. The van der Waals surface area contributed by atoms with Crippen LogP contribution in [0.3, 0.4) is 0 Å². The van der Waals surface area contributed by atoms with Crippen molar-refractivity contribution in [1.29, 1.82) is 0 Å². The van der Waals surface area contributed by atoms with Crippen LogP contribution in [0, 0.1) is 5.82 Å². The van der Waals surface area contributed by atoms with Gasteiger partial charge >= 0.3 is 0 Å². The number of nitrogens with one attached hydrogen (secondary N) is 2. The van der Waals surface area contributed by atoms with E-state index in [0.717, 1.165) is 18.7 Å². The molecule has 3 heterocycles. The van der Waals surface area contributed by atoms with E-state index >= 15 is 0 Å². The van der Waals surface area contributed by atoms with E-state index in [1.807, 2.05) is 4.90 Å². The monoisotopic (exact) mass is 477 g/mol. The topological polar surface area (TPSA) is 94.1 Å². The molecule has 0 radical (unpaired) electrons. The first kappa shape index (κ1) is 22.1. The fraction of sp³-hybridized carbons (Fsp3) is 0.160. The highest BCUT2D eigenvalue weighted by Gasteiger charge is 2.24. The van der Waals surface area contributed by atoms with Crippen molar-refractivity contribution in [2.24, 2.45) is 0 Å². The van der Waals surface area contributed by atoms with Gasteiger partial charge in [-0.3, -0.25) is 9.89 Å². The van der Waals surface area contributed by atoms with Gasteiger partial charge in [-0.05, 0) is 54.1 Å². The van der Waals surface area contributed by atoms with Gasteiger partial charge in [-0.1, -0.05) is 23.7 Å². The number of benzene rings is 2. The normalized spacial score (nSPS) is 14.2. The molecule has 0 saturated carbocycles. The van der Waals surface area contributed by atoms with Crippen LogP contribution in [0.5, 0.6) is 5.75 Å². The zero-order valence-electron chi connectivity index (χ0n) is 18.1. The first-order valence-electron chi connectivity index (χ1n) is 10.8. The number of hydrogen-bond acceptors (Lipinski definition) is 5. The highest BCUT2D eigenvalue weighted by Crippen LogP contribution is 2.29. The van der Waals surface area contributed by atoms with E-state index in [1.165, 1.54) is 12.1 Å². The number of phenols is 1. The predicted octanol–water partition coefficient (Wildman–Crippen LogP) is 4.34. The summed E-state index contributed by atoms with van der Waals surface area (Å²) in [5.41, 5.74) is 3.45. The number of aromatic hydroxyl groups is 1. The fourth-order valence-electron chi connectivity index (χ4n) is 3.97. The van der Waals surface area contributed by atoms with E-state index in [-0.39, 0.29) is 16.7 Å². The average Bonchev–Trinajstić information content (AvgIpc) is 3.26. The van der Waals surface area contributed by atoms with Gasteiger partial charge in [-0.2, -0.15) is 5.10 Å². The van der Waals surface area contributed by atoms with Crippen molar-refractivity contribution in [2.75, 3.05) is 26.2 Å². The Labute approximate surface area is 199 Å². The van der Waals surface area contributed by atoms with Gasteiger partial charge in [0.1, 0.15) is 11.6 Å². The Morgan fingerprint density at radius 3 is 2.59 bits per heavy atom. The quantitative estimate of drug-likeness (QED) is 0.406. The SMILES string of the molecule is O=C(c1cc(-c2ccc(O)cc2)nc2[nH]nc(/C=C/c3ccc(F)cc3Cl)c12)N1CCNCC1. The van der Waals surface area contributed by atoms with Crippen molar-refractivity contribution in [3.63, 3.8) is 0 Å². The number of carbonyl (C=O) groups excluding carboxylic acids is 1. The number of amides is 1. The molecule has 34 heavy (non-hydrogen) atoms. The van der Waals surface area contributed by atoms with Gasteiger partial charge in [0.05, 0.1) is 27.4 Å². The van der Waals surface area contributed by atoms with Crippen molar-refractivity contribution < 1.29 is 14.3 Å². The highest BCUT2D eigenvalue weighted by molar-refractivity contribution is 6.32. The molecule has 0 spiro atoms. The molecule has 2 aromatic heterocycles. The van der Waals surface area contributed by atoms with Crippen LogP contribution in [0.1, 0.15) is 21.6 Å². The van der Waals surface area contributed by atoms with Gasteiger partial charge in [0, 0.05) is 31.7 Å². The summed E-state index contributed by atoms with van der Waals surface area (Å²) in [5, 5.41) is 21.1. The van der Waals surface area contributed by atoms with Gasteiger partial charge in [-0.25, -0.2) is 9.37 Å². The van der Waals surface area contributed by atoms with Gasteiger partial charge in [0.15, 0.2) is 5.65 Å². The second kappa shape index (κ2) is 9.24. The molecule has 4 aromatic rings. The van der Waals surface area contributed by atoms with Crippen molar-refractivity contribution >= 4 is 40.7 Å². The number of fused-ring (bicyclic) bond motifs is 1. The summed E-state index contributed by atoms with van der Waals surface area (Å²) in [6, 6.07) is 12.6.